The molecule has 1 aliphatic heterocycles. The van der Waals surface area contributed by atoms with Gasteiger partial charge in [-0.3, -0.25) is 4.90 Å². The molecule has 3 nitrogen and oxygen atoms in total. The molecular formula is C23H30FNO2. The molecule has 2 N–H and O–H groups in total. The van der Waals surface area contributed by atoms with E-state index in [4.69, 9.17) is 0 Å². The number of halogens is 1. The maximum atomic E-state index is 13.3. The molecule has 0 spiro atoms. The molecule has 1 saturated heterocycles. The van der Waals surface area contributed by atoms with Crippen molar-refractivity contribution in [1.82, 2.24) is 4.90 Å². The molecule has 146 valence electrons. The lowest BCUT2D eigenvalue weighted by atomic mass is 9.86. The molecule has 0 radical (unpaired) electrons. The number of rotatable bonds is 5. The Hall–Kier alpha value is -1.75. The van der Waals surface area contributed by atoms with Crippen LogP contribution in [0.25, 0.3) is 11.1 Å². The summed E-state index contributed by atoms with van der Waals surface area (Å²) in [5.41, 5.74) is 2.81. The van der Waals surface area contributed by atoms with Crippen molar-refractivity contribution in [2.24, 2.45) is 0 Å². The molecule has 0 aliphatic carbocycles. The fraction of sp³-hybridized carbons (Fsp3) is 0.478. The van der Waals surface area contributed by atoms with Crippen molar-refractivity contribution in [2.45, 2.75) is 70.4 Å². The first-order valence-electron chi connectivity index (χ1n) is 9.88. The first kappa shape index (κ1) is 20.0. The molecule has 5 unspecified atom stereocenters. The Bertz CT molecular complexity index is 738. The Balaban J connectivity index is 1.87. The van der Waals surface area contributed by atoms with Crippen LogP contribution in [-0.2, 0) is 0 Å². The fourth-order valence-electron chi connectivity index (χ4n) is 4.37. The van der Waals surface area contributed by atoms with E-state index in [1.54, 1.807) is 12.1 Å². The van der Waals surface area contributed by atoms with Gasteiger partial charge >= 0.3 is 0 Å². The topological polar surface area (TPSA) is 43.7 Å². The lowest BCUT2D eigenvalue weighted by molar-refractivity contribution is -0.130. The zero-order valence-electron chi connectivity index (χ0n) is 16.3. The predicted octanol–water partition coefficient (Wildman–Crippen LogP) is 4.54. The van der Waals surface area contributed by atoms with E-state index in [9.17, 15) is 14.6 Å². The Morgan fingerprint density at radius 3 is 2.19 bits per heavy atom. The van der Waals surface area contributed by atoms with E-state index in [1.807, 2.05) is 36.1 Å². The lowest BCUT2D eigenvalue weighted by Crippen LogP contribution is -2.55. The summed E-state index contributed by atoms with van der Waals surface area (Å²) in [6, 6.07) is 14.7. The first-order chi connectivity index (χ1) is 12.9. The highest BCUT2D eigenvalue weighted by molar-refractivity contribution is 5.68. The van der Waals surface area contributed by atoms with Crippen LogP contribution in [0.1, 0.15) is 51.5 Å². The maximum Gasteiger partial charge on any atom is 0.134 e. The second-order valence-electron chi connectivity index (χ2n) is 7.86. The van der Waals surface area contributed by atoms with Gasteiger partial charge in [0.1, 0.15) is 18.1 Å². The van der Waals surface area contributed by atoms with Crippen molar-refractivity contribution in [2.75, 3.05) is 0 Å². The van der Waals surface area contributed by atoms with Gasteiger partial charge in [-0.05, 0) is 55.5 Å². The monoisotopic (exact) mass is 371 g/mol. The highest BCUT2D eigenvalue weighted by Crippen LogP contribution is 2.34. The Kier molecular flexibility index (Phi) is 6.30. The quantitative estimate of drug-likeness (QED) is 0.811. The van der Waals surface area contributed by atoms with E-state index < -0.39 is 12.3 Å². The minimum atomic E-state index is -0.911. The molecule has 5 atom stereocenters. The summed E-state index contributed by atoms with van der Waals surface area (Å²) in [6.07, 6.45) is 1.41. The average molecular weight is 371 g/mol. The second kappa shape index (κ2) is 8.51. The van der Waals surface area contributed by atoms with Gasteiger partial charge in [0, 0.05) is 18.0 Å². The van der Waals surface area contributed by atoms with Crippen LogP contribution in [0.15, 0.2) is 48.5 Å². The van der Waals surface area contributed by atoms with Crippen LogP contribution in [0.3, 0.4) is 0 Å². The van der Waals surface area contributed by atoms with Gasteiger partial charge in [-0.15, -0.1) is 0 Å². The zero-order chi connectivity index (χ0) is 19.6. The number of hydrogen-bond donors (Lipinski definition) is 2. The van der Waals surface area contributed by atoms with Gasteiger partial charge in [0.05, 0.1) is 0 Å². The number of benzene rings is 2. The summed E-state index contributed by atoms with van der Waals surface area (Å²) in [7, 11) is 0. The van der Waals surface area contributed by atoms with Crippen LogP contribution in [-0.4, -0.2) is 39.5 Å². The third-order valence-electron chi connectivity index (χ3n) is 5.99. The van der Waals surface area contributed by atoms with Gasteiger partial charge in [-0.2, -0.15) is 0 Å². The number of piperidine rings is 1. The van der Waals surface area contributed by atoms with Gasteiger partial charge in [0.15, 0.2) is 0 Å². The highest BCUT2D eigenvalue weighted by atomic mass is 19.1. The van der Waals surface area contributed by atoms with Crippen molar-refractivity contribution >= 4 is 0 Å². The number of nitrogens with zero attached hydrogens (tertiary/aromatic N) is 1. The normalized spacial score (nSPS) is 24.4. The van der Waals surface area contributed by atoms with E-state index in [0.717, 1.165) is 36.0 Å². The van der Waals surface area contributed by atoms with Crippen molar-refractivity contribution < 1.29 is 14.6 Å². The largest absolute Gasteiger partial charge is 0.388 e. The maximum absolute atomic E-state index is 13.3. The van der Waals surface area contributed by atoms with Gasteiger partial charge in [-0.1, -0.05) is 49.7 Å². The van der Waals surface area contributed by atoms with Crippen LogP contribution in [0.4, 0.5) is 4.39 Å². The van der Waals surface area contributed by atoms with Crippen LogP contribution in [0.5, 0.6) is 0 Å². The van der Waals surface area contributed by atoms with Crippen molar-refractivity contribution in [3.63, 3.8) is 0 Å². The van der Waals surface area contributed by atoms with Gasteiger partial charge in [0.2, 0.25) is 0 Å². The molecule has 27 heavy (non-hydrogen) atoms. The lowest BCUT2D eigenvalue weighted by Gasteiger charge is -2.44. The summed E-state index contributed by atoms with van der Waals surface area (Å²) in [5.74, 6) is -0.532. The molecule has 1 fully saturated rings. The van der Waals surface area contributed by atoms with Crippen molar-refractivity contribution in [1.29, 1.82) is 0 Å². The summed E-state index contributed by atoms with van der Waals surface area (Å²) in [6.45, 7) is 6.17. The Morgan fingerprint density at radius 1 is 0.963 bits per heavy atom. The number of aliphatic hydroxyl groups excluding tert-OH is 2. The van der Waals surface area contributed by atoms with E-state index >= 15 is 0 Å². The Labute approximate surface area is 161 Å². The SMILES string of the molecule is CC(c1ccccc1-c1ccc(F)cc1)C(O)C(O)N1C(C)CCCC1C. The number of aliphatic hydroxyl groups is 2. The number of hydrogen-bond acceptors (Lipinski definition) is 3. The third-order valence-corrected chi connectivity index (χ3v) is 5.99. The molecule has 0 amide bonds. The molecule has 1 aliphatic rings. The predicted molar refractivity (Wildman–Crippen MR) is 107 cm³/mol. The molecule has 3 rings (SSSR count). The van der Waals surface area contributed by atoms with Gasteiger partial charge in [0.25, 0.3) is 0 Å². The highest BCUT2D eigenvalue weighted by Gasteiger charge is 2.36. The molecule has 0 bridgehead atoms. The van der Waals surface area contributed by atoms with Crippen LogP contribution >= 0.6 is 0 Å². The standard InChI is InChI=1S/C23H30FNO2/c1-15-7-6-8-16(2)25(15)23(27)22(26)17(3)20-9-4-5-10-21(20)18-11-13-19(24)14-12-18/h4-5,9-17,22-23,26-27H,6-8H2,1-3H3. The smallest absolute Gasteiger partial charge is 0.134 e. The summed E-state index contributed by atoms with van der Waals surface area (Å²) in [4.78, 5) is 2.05. The molecule has 0 aromatic heterocycles. The third kappa shape index (κ3) is 4.23. The van der Waals surface area contributed by atoms with Crippen LogP contribution in [0, 0.1) is 5.82 Å². The second-order valence-corrected chi connectivity index (χ2v) is 7.86. The fourth-order valence-corrected chi connectivity index (χ4v) is 4.37. The molecule has 1 heterocycles. The van der Waals surface area contributed by atoms with E-state index in [1.165, 1.54) is 12.1 Å². The van der Waals surface area contributed by atoms with Crippen molar-refractivity contribution in [3.05, 3.63) is 59.9 Å². The van der Waals surface area contributed by atoms with Crippen LogP contribution in [0.2, 0.25) is 0 Å². The van der Waals surface area contributed by atoms with Crippen LogP contribution < -0.4 is 0 Å². The average Bonchev–Trinajstić information content (AvgIpc) is 2.67. The minimum Gasteiger partial charge on any atom is -0.388 e. The zero-order valence-corrected chi connectivity index (χ0v) is 16.3. The molecule has 2 aromatic carbocycles. The summed E-state index contributed by atoms with van der Waals surface area (Å²) < 4.78 is 13.3. The van der Waals surface area contributed by atoms with E-state index in [-0.39, 0.29) is 23.8 Å². The molecule has 0 saturated carbocycles. The number of likely N-dealkylation sites (tertiary alicyclic amines) is 1. The molecule has 4 heteroatoms. The summed E-state index contributed by atoms with van der Waals surface area (Å²) in [5, 5.41) is 21.9. The summed E-state index contributed by atoms with van der Waals surface area (Å²) >= 11 is 0. The van der Waals surface area contributed by atoms with Crippen molar-refractivity contribution in [3.8, 4) is 11.1 Å². The van der Waals surface area contributed by atoms with Gasteiger partial charge < -0.3 is 10.2 Å². The van der Waals surface area contributed by atoms with E-state index in [0.29, 0.717) is 0 Å². The first-order valence-corrected chi connectivity index (χ1v) is 9.88. The van der Waals surface area contributed by atoms with Gasteiger partial charge in [-0.25, -0.2) is 4.39 Å². The Morgan fingerprint density at radius 2 is 1.56 bits per heavy atom. The van der Waals surface area contributed by atoms with E-state index in [2.05, 4.69) is 13.8 Å². The molecule has 2 aromatic rings. The molecular weight excluding hydrogens is 341 g/mol. The minimum absolute atomic E-state index is 0.248.